The van der Waals surface area contributed by atoms with Crippen molar-refractivity contribution in [2.75, 3.05) is 13.6 Å². The number of nitrogens with one attached hydrogen (secondary N) is 1. The van der Waals surface area contributed by atoms with E-state index >= 15 is 0 Å². The number of para-hydroxylation sites is 1. The van der Waals surface area contributed by atoms with Crippen LogP contribution in [0.15, 0.2) is 24.3 Å². The van der Waals surface area contributed by atoms with Crippen molar-refractivity contribution in [2.45, 2.75) is 18.9 Å². The molecule has 4 heteroatoms. The van der Waals surface area contributed by atoms with Crippen molar-refractivity contribution >= 4 is 21.6 Å². The molecule has 3 rings (SSSR count). The van der Waals surface area contributed by atoms with Gasteiger partial charge in [0.1, 0.15) is 6.10 Å². The third-order valence-electron chi connectivity index (χ3n) is 3.23. The summed E-state index contributed by atoms with van der Waals surface area (Å²) in [6, 6.07) is 8.17. The second-order valence-corrected chi connectivity index (χ2v) is 5.58. The summed E-state index contributed by atoms with van der Waals surface area (Å²) in [4.78, 5) is 4.49. The lowest BCUT2D eigenvalue weighted by Gasteiger charge is -2.34. The maximum Gasteiger partial charge on any atom is 0.274 e. The van der Waals surface area contributed by atoms with Crippen LogP contribution in [0, 0.1) is 5.92 Å². The number of hydrogen-bond acceptors (Lipinski definition) is 4. The monoisotopic (exact) mass is 248 g/mol. The van der Waals surface area contributed by atoms with Crippen LogP contribution >= 0.6 is 11.3 Å². The van der Waals surface area contributed by atoms with Crippen LogP contribution in [0.1, 0.15) is 12.8 Å². The van der Waals surface area contributed by atoms with Crippen molar-refractivity contribution in [3.63, 3.8) is 0 Å². The number of hydrogen-bond donors (Lipinski definition) is 1. The lowest BCUT2D eigenvalue weighted by molar-refractivity contribution is 0.0657. The van der Waals surface area contributed by atoms with E-state index in [4.69, 9.17) is 4.74 Å². The average molecular weight is 248 g/mol. The lowest BCUT2D eigenvalue weighted by atomic mass is 9.82. The number of nitrogens with zero attached hydrogens (tertiary/aromatic N) is 1. The molecule has 0 amide bonds. The Bertz CT molecular complexity index is 472. The largest absolute Gasteiger partial charge is 0.467 e. The Morgan fingerprint density at radius 2 is 2.24 bits per heavy atom. The topological polar surface area (TPSA) is 34.1 Å². The first-order valence-corrected chi connectivity index (χ1v) is 6.83. The molecule has 0 atom stereocenters. The van der Waals surface area contributed by atoms with Gasteiger partial charge in [0.05, 0.1) is 10.2 Å². The fourth-order valence-electron chi connectivity index (χ4n) is 2.27. The summed E-state index contributed by atoms with van der Waals surface area (Å²) in [5, 5.41) is 4.03. The summed E-state index contributed by atoms with van der Waals surface area (Å²) in [6.07, 6.45) is 2.67. The highest BCUT2D eigenvalue weighted by molar-refractivity contribution is 7.20. The van der Waals surface area contributed by atoms with Crippen molar-refractivity contribution in [3.8, 4) is 5.19 Å². The van der Waals surface area contributed by atoms with Gasteiger partial charge in [-0.1, -0.05) is 23.5 Å². The standard InChI is InChI=1S/C13H16N2OS/c1-14-8-9-6-10(7-9)16-13-15-11-4-2-3-5-12(11)17-13/h2-5,9-10,14H,6-8H2,1H3. The minimum absolute atomic E-state index is 0.369. The van der Waals surface area contributed by atoms with Gasteiger partial charge in [-0.15, -0.1) is 0 Å². The first-order valence-electron chi connectivity index (χ1n) is 6.02. The van der Waals surface area contributed by atoms with Gasteiger partial charge in [0.15, 0.2) is 0 Å². The Hall–Kier alpha value is -1.13. The molecule has 3 nitrogen and oxygen atoms in total. The number of aromatic nitrogens is 1. The second-order valence-electron chi connectivity index (χ2n) is 4.58. The summed E-state index contributed by atoms with van der Waals surface area (Å²) in [6.45, 7) is 1.10. The molecule has 90 valence electrons. The maximum absolute atomic E-state index is 5.89. The molecule has 0 radical (unpaired) electrons. The Morgan fingerprint density at radius 1 is 1.41 bits per heavy atom. The number of thiazole rings is 1. The van der Waals surface area contributed by atoms with Crippen LogP contribution < -0.4 is 10.1 Å². The van der Waals surface area contributed by atoms with Gasteiger partial charge in [0.25, 0.3) is 5.19 Å². The van der Waals surface area contributed by atoms with Gasteiger partial charge in [0.2, 0.25) is 0 Å². The molecule has 1 fully saturated rings. The molecule has 0 bridgehead atoms. The number of benzene rings is 1. The summed E-state index contributed by atoms with van der Waals surface area (Å²) in [5.74, 6) is 0.777. The van der Waals surface area contributed by atoms with E-state index in [0.717, 1.165) is 36.0 Å². The van der Waals surface area contributed by atoms with E-state index in [1.165, 1.54) is 4.70 Å². The molecule has 0 spiro atoms. The van der Waals surface area contributed by atoms with Gasteiger partial charge >= 0.3 is 0 Å². The van der Waals surface area contributed by atoms with Crippen LogP contribution in [0.5, 0.6) is 5.19 Å². The first-order chi connectivity index (χ1) is 8.35. The normalized spacial score (nSPS) is 23.6. The van der Waals surface area contributed by atoms with Gasteiger partial charge in [-0.3, -0.25) is 0 Å². The summed E-state index contributed by atoms with van der Waals surface area (Å²) >= 11 is 1.64. The zero-order valence-electron chi connectivity index (χ0n) is 9.85. The third-order valence-corrected chi connectivity index (χ3v) is 4.15. The predicted octanol–water partition coefficient (Wildman–Crippen LogP) is 2.67. The first kappa shape index (κ1) is 11.0. The van der Waals surface area contributed by atoms with E-state index in [9.17, 15) is 0 Å². The van der Waals surface area contributed by atoms with Crippen LogP contribution in [0.25, 0.3) is 10.2 Å². The molecule has 17 heavy (non-hydrogen) atoms. The molecule has 0 saturated heterocycles. The molecule has 1 aliphatic carbocycles. The minimum atomic E-state index is 0.369. The summed E-state index contributed by atoms with van der Waals surface area (Å²) in [5.41, 5.74) is 1.04. The summed E-state index contributed by atoms with van der Waals surface area (Å²) in [7, 11) is 2.00. The Labute approximate surface area is 105 Å². The number of rotatable bonds is 4. The molecule has 1 heterocycles. The van der Waals surface area contributed by atoms with Gasteiger partial charge in [-0.25, -0.2) is 4.98 Å². The molecule has 2 aromatic rings. The molecule has 1 saturated carbocycles. The van der Waals surface area contributed by atoms with Crippen molar-refractivity contribution in [1.82, 2.24) is 10.3 Å². The lowest BCUT2D eigenvalue weighted by Crippen LogP contribution is -2.38. The Kier molecular flexibility index (Phi) is 2.99. The van der Waals surface area contributed by atoms with Gasteiger partial charge in [-0.2, -0.15) is 0 Å². The van der Waals surface area contributed by atoms with Crippen molar-refractivity contribution in [1.29, 1.82) is 0 Å². The Balaban J connectivity index is 1.62. The number of fused-ring (bicyclic) bond motifs is 1. The molecular weight excluding hydrogens is 232 g/mol. The van der Waals surface area contributed by atoms with Crippen molar-refractivity contribution in [3.05, 3.63) is 24.3 Å². The highest BCUT2D eigenvalue weighted by Crippen LogP contribution is 2.34. The Morgan fingerprint density at radius 3 is 3.00 bits per heavy atom. The maximum atomic E-state index is 5.89. The molecule has 1 aromatic carbocycles. The highest BCUT2D eigenvalue weighted by Gasteiger charge is 2.30. The van der Waals surface area contributed by atoms with E-state index in [0.29, 0.717) is 6.10 Å². The van der Waals surface area contributed by atoms with Crippen LogP contribution in [-0.2, 0) is 0 Å². The van der Waals surface area contributed by atoms with E-state index in [-0.39, 0.29) is 0 Å². The highest BCUT2D eigenvalue weighted by atomic mass is 32.1. The van der Waals surface area contributed by atoms with Crippen LogP contribution in [0.3, 0.4) is 0 Å². The summed E-state index contributed by atoms with van der Waals surface area (Å²) < 4.78 is 7.09. The molecule has 1 N–H and O–H groups in total. The zero-order valence-corrected chi connectivity index (χ0v) is 10.7. The molecule has 1 aliphatic rings. The van der Waals surface area contributed by atoms with Gasteiger partial charge in [0, 0.05) is 0 Å². The fraction of sp³-hybridized carbons (Fsp3) is 0.462. The van der Waals surface area contributed by atoms with E-state index in [2.05, 4.69) is 16.4 Å². The zero-order chi connectivity index (χ0) is 11.7. The molecular formula is C13H16N2OS. The second kappa shape index (κ2) is 4.63. The molecule has 0 aliphatic heterocycles. The van der Waals surface area contributed by atoms with E-state index in [1.807, 2.05) is 25.2 Å². The SMILES string of the molecule is CNCC1CC(Oc2nc3ccccc3s2)C1. The third kappa shape index (κ3) is 2.28. The smallest absolute Gasteiger partial charge is 0.274 e. The molecule has 1 aromatic heterocycles. The van der Waals surface area contributed by atoms with E-state index < -0.39 is 0 Å². The van der Waals surface area contributed by atoms with Gasteiger partial charge < -0.3 is 10.1 Å². The average Bonchev–Trinajstić information content (AvgIpc) is 2.68. The van der Waals surface area contributed by atoms with Crippen LogP contribution in [0.4, 0.5) is 0 Å². The van der Waals surface area contributed by atoms with Crippen LogP contribution in [-0.4, -0.2) is 24.7 Å². The quantitative estimate of drug-likeness (QED) is 0.903. The minimum Gasteiger partial charge on any atom is -0.467 e. The van der Waals surface area contributed by atoms with Crippen molar-refractivity contribution < 1.29 is 4.74 Å². The van der Waals surface area contributed by atoms with E-state index in [1.54, 1.807) is 11.3 Å². The van der Waals surface area contributed by atoms with Gasteiger partial charge in [-0.05, 0) is 44.5 Å². The predicted molar refractivity (Wildman–Crippen MR) is 70.7 cm³/mol. The molecule has 0 unspecified atom stereocenters. The number of ether oxygens (including phenoxy) is 1. The van der Waals surface area contributed by atoms with Crippen molar-refractivity contribution in [2.24, 2.45) is 5.92 Å². The fourth-order valence-corrected chi connectivity index (χ4v) is 3.15. The van der Waals surface area contributed by atoms with Crippen LogP contribution in [0.2, 0.25) is 0 Å².